The van der Waals surface area contributed by atoms with Gasteiger partial charge in [-0.1, -0.05) is 25.4 Å². The molecule has 2 rings (SSSR count). The van der Waals surface area contributed by atoms with Crippen molar-refractivity contribution in [1.29, 1.82) is 0 Å². The fourth-order valence-corrected chi connectivity index (χ4v) is 2.23. The smallest absolute Gasteiger partial charge is 0.306 e. The van der Waals surface area contributed by atoms with E-state index in [1.165, 1.54) is 0 Å². The maximum atomic E-state index is 10.9. The minimum Gasteiger partial charge on any atom is -0.481 e. The predicted octanol–water partition coefficient (Wildman–Crippen LogP) is 2.46. The molecule has 104 valence electrons. The molecule has 3 unspecified atom stereocenters. The lowest BCUT2D eigenvalue weighted by molar-refractivity contribution is -0.144. The number of rotatable bonds is 4. The van der Waals surface area contributed by atoms with Gasteiger partial charge in [0.1, 0.15) is 0 Å². The van der Waals surface area contributed by atoms with Crippen molar-refractivity contribution in [2.24, 2.45) is 11.8 Å². The highest BCUT2D eigenvalue weighted by molar-refractivity contribution is 6.32. The van der Waals surface area contributed by atoms with Gasteiger partial charge in [0.25, 0.3) is 0 Å². The number of ether oxygens (including phenoxy) is 2. The standard InChI is InChI=1S/C13H15ClO5/c1-6(7(2)13(16)17)11(15)8-3-9(14)12-10(4-8)18-5-19-12/h3-4,6-7,11,15H,5H2,1-2H3,(H,16,17). The fourth-order valence-electron chi connectivity index (χ4n) is 1.96. The molecule has 5 nitrogen and oxygen atoms in total. The van der Waals surface area contributed by atoms with Gasteiger partial charge in [0.2, 0.25) is 6.79 Å². The van der Waals surface area contributed by atoms with Gasteiger partial charge < -0.3 is 19.7 Å². The lowest BCUT2D eigenvalue weighted by Crippen LogP contribution is -2.23. The first-order chi connectivity index (χ1) is 8.91. The highest BCUT2D eigenvalue weighted by Crippen LogP contribution is 2.42. The van der Waals surface area contributed by atoms with Crippen molar-refractivity contribution in [2.45, 2.75) is 20.0 Å². The highest BCUT2D eigenvalue weighted by Gasteiger charge is 2.29. The molecule has 3 atom stereocenters. The summed E-state index contributed by atoms with van der Waals surface area (Å²) < 4.78 is 10.4. The first-order valence-electron chi connectivity index (χ1n) is 5.91. The summed E-state index contributed by atoms with van der Waals surface area (Å²) in [7, 11) is 0. The molecule has 0 saturated heterocycles. The molecule has 2 N–H and O–H groups in total. The van der Waals surface area contributed by atoms with Gasteiger partial charge in [-0.15, -0.1) is 0 Å². The summed E-state index contributed by atoms with van der Waals surface area (Å²) in [5, 5.41) is 19.6. The molecule has 1 heterocycles. The van der Waals surface area contributed by atoms with E-state index in [0.29, 0.717) is 22.1 Å². The number of aliphatic hydroxyl groups is 1. The summed E-state index contributed by atoms with van der Waals surface area (Å²) in [4.78, 5) is 10.9. The van der Waals surface area contributed by atoms with E-state index in [1.807, 2.05) is 0 Å². The largest absolute Gasteiger partial charge is 0.481 e. The minimum absolute atomic E-state index is 0.0929. The van der Waals surface area contributed by atoms with Gasteiger partial charge in [-0.05, 0) is 23.6 Å². The quantitative estimate of drug-likeness (QED) is 0.889. The molecule has 0 radical (unpaired) electrons. The first kappa shape index (κ1) is 14.0. The highest BCUT2D eigenvalue weighted by atomic mass is 35.5. The summed E-state index contributed by atoms with van der Waals surface area (Å²) >= 11 is 6.03. The van der Waals surface area contributed by atoms with Crippen molar-refractivity contribution in [3.63, 3.8) is 0 Å². The van der Waals surface area contributed by atoms with E-state index in [4.69, 9.17) is 26.2 Å². The third-order valence-corrected chi connectivity index (χ3v) is 3.75. The molecule has 0 spiro atoms. The molecule has 19 heavy (non-hydrogen) atoms. The van der Waals surface area contributed by atoms with E-state index in [2.05, 4.69) is 0 Å². The average Bonchev–Trinajstić information content (AvgIpc) is 2.84. The molecule has 6 heteroatoms. The zero-order valence-corrected chi connectivity index (χ0v) is 11.3. The third kappa shape index (κ3) is 2.62. The van der Waals surface area contributed by atoms with Crippen LogP contribution in [0.3, 0.4) is 0 Å². The van der Waals surface area contributed by atoms with Crippen molar-refractivity contribution < 1.29 is 24.5 Å². The summed E-state index contributed by atoms with van der Waals surface area (Å²) in [5.74, 6) is -1.14. The van der Waals surface area contributed by atoms with Gasteiger partial charge in [0, 0.05) is 0 Å². The number of fused-ring (bicyclic) bond motifs is 1. The number of halogens is 1. The molecule has 1 aliphatic rings. The Balaban J connectivity index is 2.27. The summed E-state index contributed by atoms with van der Waals surface area (Å²) in [6.07, 6.45) is -0.932. The SMILES string of the molecule is CC(C(=O)O)C(C)C(O)c1cc(Cl)c2c(c1)OCO2. The Kier molecular flexibility index (Phi) is 3.87. The number of hydrogen-bond donors (Lipinski definition) is 2. The van der Waals surface area contributed by atoms with E-state index in [-0.39, 0.29) is 6.79 Å². The van der Waals surface area contributed by atoms with Crippen LogP contribution in [0.25, 0.3) is 0 Å². The van der Waals surface area contributed by atoms with Crippen LogP contribution in [0.4, 0.5) is 0 Å². The van der Waals surface area contributed by atoms with Gasteiger partial charge >= 0.3 is 5.97 Å². The Hall–Kier alpha value is -1.46. The van der Waals surface area contributed by atoms with E-state index in [1.54, 1.807) is 26.0 Å². The number of carbonyl (C=O) groups is 1. The van der Waals surface area contributed by atoms with Crippen LogP contribution >= 0.6 is 11.6 Å². The summed E-state index contributed by atoms with van der Waals surface area (Å²) in [6, 6.07) is 3.20. The summed E-state index contributed by atoms with van der Waals surface area (Å²) in [6.45, 7) is 3.34. The van der Waals surface area contributed by atoms with Crippen molar-refractivity contribution >= 4 is 17.6 Å². The number of carboxylic acid groups (broad SMARTS) is 1. The monoisotopic (exact) mass is 286 g/mol. The number of carboxylic acids is 1. The molecule has 0 amide bonds. The fraction of sp³-hybridized carbons (Fsp3) is 0.462. The molecule has 0 aromatic heterocycles. The Bertz CT molecular complexity index is 502. The van der Waals surface area contributed by atoms with Crippen molar-refractivity contribution in [3.8, 4) is 11.5 Å². The Morgan fingerprint density at radius 2 is 2.05 bits per heavy atom. The van der Waals surface area contributed by atoms with Crippen LogP contribution in [0.2, 0.25) is 5.02 Å². The minimum atomic E-state index is -0.946. The second kappa shape index (κ2) is 5.27. The van der Waals surface area contributed by atoms with Crippen LogP contribution in [-0.2, 0) is 4.79 Å². The Morgan fingerprint density at radius 1 is 1.37 bits per heavy atom. The normalized spacial score (nSPS) is 17.9. The molecule has 0 saturated carbocycles. The zero-order valence-electron chi connectivity index (χ0n) is 10.6. The van der Waals surface area contributed by atoms with Crippen molar-refractivity contribution in [2.75, 3.05) is 6.79 Å². The van der Waals surface area contributed by atoms with E-state index < -0.39 is 23.9 Å². The second-order valence-corrected chi connectivity index (χ2v) is 5.07. The molecule has 0 bridgehead atoms. The zero-order chi connectivity index (χ0) is 14.2. The van der Waals surface area contributed by atoms with Crippen LogP contribution in [0.1, 0.15) is 25.5 Å². The number of benzene rings is 1. The summed E-state index contributed by atoms with van der Waals surface area (Å²) in [5.41, 5.74) is 0.523. The number of hydrogen-bond acceptors (Lipinski definition) is 4. The lowest BCUT2D eigenvalue weighted by atomic mass is 9.87. The van der Waals surface area contributed by atoms with Crippen molar-refractivity contribution in [1.82, 2.24) is 0 Å². The van der Waals surface area contributed by atoms with Crippen LogP contribution in [-0.4, -0.2) is 23.0 Å². The average molecular weight is 287 g/mol. The van der Waals surface area contributed by atoms with E-state index in [0.717, 1.165) is 0 Å². The van der Waals surface area contributed by atoms with Crippen molar-refractivity contribution in [3.05, 3.63) is 22.7 Å². The number of aliphatic carboxylic acids is 1. The first-order valence-corrected chi connectivity index (χ1v) is 6.29. The van der Waals surface area contributed by atoms with E-state index >= 15 is 0 Å². The molecule has 1 aromatic carbocycles. The molecule has 0 fully saturated rings. The second-order valence-electron chi connectivity index (χ2n) is 4.67. The van der Waals surface area contributed by atoms with Crippen LogP contribution in [0.5, 0.6) is 11.5 Å². The maximum Gasteiger partial charge on any atom is 0.306 e. The van der Waals surface area contributed by atoms with Crippen LogP contribution < -0.4 is 9.47 Å². The maximum absolute atomic E-state index is 10.9. The molecule has 0 aliphatic carbocycles. The Morgan fingerprint density at radius 3 is 2.68 bits per heavy atom. The lowest BCUT2D eigenvalue weighted by Gasteiger charge is -2.23. The third-order valence-electron chi connectivity index (χ3n) is 3.47. The van der Waals surface area contributed by atoms with Crippen LogP contribution in [0.15, 0.2) is 12.1 Å². The molecule has 1 aromatic rings. The van der Waals surface area contributed by atoms with Gasteiger partial charge in [-0.3, -0.25) is 4.79 Å². The molecular formula is C13H15ClO5. The molecular weight excluding hydrogens is 272 g/mol. The van der Waals surface area contributed by atoms with Gasteiger partial charge in [0.15, 0.2) is 11.5 Å². The topological polar surface area (TPSA) is 76.0 Å². The Labute approximate surface area is 115 Å². The van der Waals surface area contributed by atoms with Gasteiger partial charge in [0.05, 0.1) is 17.0 Å². The van der Waals surface area contributed by atoms with Gasteiger partial charge in [-0.25, -0.2) is 0 Å². The predicted molar refractivity (Wildman–Crippen MR) is 68.5 cm³/mol. The van der Waals surface area contributed by atoms with Crippen LogP contribution in [0, 0.1) is 11.8 Å². The molecule has 1 aliphatic heterocycles. The van der Waals surface area contributed by atoms with E-state index in [9.17, 15) is 9.90 Å². The van der Waals surface area contributed by atoms with Gasteiger partial charge in [-0.2, -0.15) is 0 Å². The number of aliphatic hydroxyl groups excluding tert-OH is 1.